The molecule has 1 aliphatic heterocycles. The molecule has 0 N–H and O–H groups in total. The van der Waals surface area contributed by atoms with Crippen molar-refractivity contribution in [3.05, 3.63) is 57.8 Å². The van der Waals surface area contributed by atoms with E-state index in [1.807, 2.05) is 23.1 Å². The predicted molar refractivity (Wildman–Crippen MR) is 100.0 cm³/mol. The number of nitrogens with zero attached hydrogens (tertiary/aromatic N) is 2. The smallest absolute Gasteiger partial charge is 0.237 e. The van der Waals surface area contributed by atoms with Gasteiger partial charge in [0.05, 0.1) is 11.4 Å². The molecule has 2 aromatic rings. The molecule has 2 heterocycles. The highest BCUT2D eigenvalue weighted by Gasteiger charge is 2.24. The SMILES string of the molecule is Cc1cc(Br)cc2c1N(C(=O)CSCc1ccccn1)CCC2. The third kappa shape index (κ3) is 3.96. The molecule has 3 rings (SSSR count). The second kappa shape index (κ2) is 7.49. The van der Waals surface area contributed by atoms with Crippen molar-refractivity contribution >= 4 is 39.3 Å². The van der Waals surface area contributed by atoms with Crippen molar-refractivity contribution in [1.82, 2.24) is 4.98 Å². The van der Waals surface area contributed by atoms with Crippen LogP contribution in [0.4, 0.5) is 5.69 Å². The summed E-state index contributed by atoms with van der Waals surface area (Å²) in [6.07, 6.45) is 3.86. The van der Waals surface area contributed by atoms with Gasteiger partial charge in [0.25, 0.3) is 0 Å². The fraction of sp³-hybridized carbons (Fsp3) is 0.333. The molecule has 1 amide bonds. The van der Waals surface area contributed by atoms with Crippen LogP contribution in [0.15, 0.2) is 41.0 Å². The first-order valence-electron chi connectivity index (χ1n) is 7.72. The summed E-state index contributed by atoms with van der Waals surface area (Å²) in [4.78, 5) is 18.9. The third-order valence-corrected chi connectivity index (χ3v) is 5.35. The average molecular weight is 391 g/mol. The lowest BCUT2D eigenvalue weighted by Crippen LogP contribution is -2.37. The van der Waals surface area contributed by atoms with E-state index in [4.69, 9.17) is 0 Å². The highest BCUT2D eigenvalue weighted by Crippen LogP contribution is 2.34. The van der Waals surface area contributed by atoms with Gasteiger partial charge in [0.15, 0.2) is 0 Å². The summed E-state index contributed by atoms with van der Waals surface area (Å²) in [7, 11) is 0. The molecule has 0 saturated carbocycles. The number of benzene rings is 1. The molecule has 1 aromatic heterocycles. The first-order chi connectivity index (χ1) is 11.1. The van der Waals surface area contributed by atoms with Gasteiger partial charge in [-0.1, -0.05) is 22.0 Å². The monoisotopic (exact) mass is 390 g/mol. The third-order valence-electron chi connectivity index (χ3n) is 3.94. The molecule has 0 fully saturated rings. The molecule has 23 heavy (non-hydrogen) atoms. The highest BCUT2D eigenvalue weighted by atomic mass is 79.9. The van der Waals surface area contributed by atoms with Crippen LogP contribution in [0.5, 0.6) is 0 Å². The van der Waals surface area contributed by atoms with Crippen LogP contribution in [0.1, 0.15) is 23.2 Å². The summed E-state index contributed by atoms with van der Waals surface area (Å²) in [6.45, 7) is 2.90. The zero-order valence-electron chi connectivity index (χ0n) is 13.1. The van der Waals surface area contributed by atoms with Gasteiger partial charge in [-0.2, -0.15) is 0 Å². The number of anilines is 1. The largest absolute Gasteiger partial charge is 0.311 e. The number of hydrogen-bond acceptors (Lipinski definition) is 3. The molecule has 5 heteroatoms. The summed E-state index contributed by atoms with van der Waals surface area (Å²) in [5.41, 5.74) is 4.57. The van der Waals surface area contributed by atoms with Gasteiger partial charge < -0.3 is 4.90 Å². The topological polar surface area (TPSA) is 33.2 Å². The van der Waals surface area contributed by atoms with Gasteiger partial charge >= 0.3 is 0 Å². The Hall–Kier alpha value is -1.33. The van der Waals surface area contributed by atoms with Crippen LogP contribution in [0.2, 0.25) is 0 Å². The van der Waals surface area contributed by atoms with Gasteiger partial charge in [0.2, 0.25) is 5.91 Å². The van der Waals surface area contributed by atoms with Crippen LogP contribution in [-0.4, -0.2) is 23.2 Å². The zero-order chi connectivity index (χ0) is 16.2. The molecule has 0 atom stereocenters. The maximum atomic E-state index is 12.7. The van der Waals surface area contributed by atoms with Gasteiger partial charge in [0.1, 0.15) is 0 Å². The number of carbonyl (C=O) groups excluding carboxylic acids is 1. The standard InChI is InChI=1S/C18H19BrN2OS/c1-13-9-15(19)10-14-5-4-8-21(18(13)14)17(22)12-23-11-16-6-2-3-7-20-16/h2-3,6-7,9-10H,4-5,8,11-12H2,1H3. The number of pyridine rings is 1. The van der Waals surface area contributed by atoms with Crippen molar-refractivity contribution in [3.63, 3.8) is 0 Å². The number of aryl methyl sites for hydroxylation is 2. The maximum absolute atomic E-state index is 12.7. The first kappa shape index (κ1) is 16.5. The average Bonchev–Trinajstić information content (AvgIpc) is 2.55. The molecule has 0 saturated heterocycles. The summed E-state index contributed by atoms with van der Waals surface area (Å²) < 4.78 is 1.09. The van der Waals surface area contributed by atoms with Crippen LogP contribution in [0.25, 0.3) is 0 Å². The minimum absolute atomic E-state index is 0.192. The number of rotatable bonds is 4. The lowest BCUT2D eigenvalue weighted by atomic mass is 9.98. The zero-order valence-corrected chi connectivity index (χ0v) is 15.5. The minimum Gasteiger partial charge on any atom is -0.311 e. The predicted octanol–water partition coefficient (Wildman–Crippen LogP) is 4.37. The van der Waals surface area contributed by atoms with Crippen molar-refractivity contribution in [2.45, 2.75) is 25.5 Å². The number of carbonyl (C=O) groups is 1. The van der Waals surface area contributed by atoms with Gasteiger partial charge in [0, 0.05) is 28.7 Å². The molecule has 0 aliphatic carbocycles. The van der Waals surface area contributed by atoms with Crippen molar-refractivity contribution in [2.75, 3.05) is 17.2 Å². The van der Waals surface area contributed by atoms with E-state index in [0.29, 0.717) is 5.75 Å². The normalized spacial score (nSPS) is 13.7. The fourth-order valence-corrected chi connectivity index (χ4v) is 4.41. The van der Waals surface area contributed by atoms with Crippen molar-refractivity contribution in [2.24, 2.45) is 0 Å². The van der Waals surface area contributed by atoms with Gasteiger partial charge in [-0.05, 0) is 55.2 Å². The Morgan fingerprint density at radius 1 is 1.39 bits per heavy atom. The molecule has 120 valence electrons. The van der Waals surface area contributed by atoms with E-state index >= 15 is 0 Å². The van der Waals surface area contributed by atoms with Crippen LogP contribution < -0.4 is 4.90 Å². The number of hydrogen-bond donors (Lipinski definition) is 0. The maximum Gasteiger partial charge on any atom is 0.237 e. The van der Waals surface area contributed by atoms with Crippen molar-refractivity contribution < 1.29 is 4.79 Å². The summed E-state index contributed by atoms with van der Waals surface area (Å²) in [5.74, 6) is 1.45. The van der Waals surface area contributed by atoms with E-state index in [2.05, 4.69) is 40.0 Å². The number of halogens is 1. The summed E-state index contributed by atoms with van der Waals surface area (Å²) in [5, 5.41) is 0. The Labute approximate surface area is 149 Å². The van der Waals surface area contributed by atoms with Crippen LogP contribution in [-0.2, 0) is 17.0 Å². The summed E-state index contributed by atoms with van der Waals surface area (Å²) in [6, 6.07) is 10.1. The fourth-order valence-electron chi connectivity index (χ4n) is 2.97. The van der Waals surface area contributed by atoms with Crippen LogP contribution >= 0.6 is 27.7 Å². The van der Waals surface area contributed by atoms with Crippen molar-refractivity contribution in [1.29, 1.82) is 0 Å². The van der Waals surface area contributed by atoms with E-state index < -0.39 is 0 Å². The molecule has 1 aliphatic rings. The summed E-state index contributed by atoms with van der Waals surface area (Å²) >= 11 is 5.18. The van der Waals surface area contributed by atoms with E-state index in [9.17, 15) is 4.79 Å². The Kier molecular flexibility index (Phi) is 5.38. The van der Waals surface area contributed by atoms with E-state index in [1.54, 1.807) is 18.0 Å². The number of thioether (sulfide) groups is 1. The lowest BCUT2D eigenvalue weighted by molar-refractivity contribution is -0.116. The molecule has 3 nitrogen and oxygen atoms in total. The molecular formula is C18H19BrN2OS. The van der Waals surface area contributed by atoms with Crippen molar-refractivity contribution in [3.8, 4) is 0 Å². The highest BCUT2D eigenvalue weighted by molar-refractivity contribution is 9.10. The lowest BCUT2D eigenvalue weighted by Gasteiger charge is -2.31. The van der Waals surface area contributed by atoms with Gasteiger partial charge in [-0.15, -0.1) is 11.8 Å². The van der Waals surface area contributed by atoms with E-state index in [0.717, 1.165) is 46.6 Å². The number of amides is 1. The van der Waals surface area contributed by atoms with Gasteiger partial charge in [-0.25, -0.2) is 0 Å². The molecule has 0 radical (unpaired) electrons. The van der Waals surface area contributed by atoms with Gasteiger partial charge in [-0.3, -0.25) is 9.78 Å². The Bertz CT molecular complexity index is 706. The second-order valence-corrected chi connectivity index (χ2v) is 7.59. The van der Waals surface area contributed by atoms with E-state index in [1.165, 1.54) is 5.56 Å². The Balaban J connectivity index is 1.67. The quantitative estimate of drug-likeness (QED) is 0.776. The number of aromatic nitrogens is 1. The van der Waals surface area contributed by atoms with E-state index in [-0.39, 0.29) is 5.91 Å². The molecule has 0 spiro atoms. The first-order valence-corrected chi connectivity index (χ1v) is 9.67. The van der Waals surface area contributed by atoms with Crippen LogP contribution in [0.3, 0.4) is 0 Å². The Morgan fingerprint density at radius 2 is 2.26 bits per heavy atom. The van der Waals surface area contributed by atoms with Crippen LogP contribution in [0, 0.1) is 6.92 Å². The second-order valence-electron chi connectivity index (χ2n) is 5.69. The number of fused-ring (bicyclic) bond motifs is 1. The molecule has 0 unspecified atom stereocenters. The Morgan fingerprint density at radius 3 is 3.04 bits per heavy atom. The molecule has 0 bridgehead atoms. The molecular weight excluding hydrogens is 372 g/mol. The molecule has 1 aromatic carbocycles. The minimum atomic E-state index is 0.192.